The molecule has 3 aliphatic rings. The zero-order chi connectivity index (χ0) is 27.2. The topological polar surface area (TPSA) is 263 Å². The maximum Gasteiger partial charge on any atom is 0.472 e. The Labute approximate surface area is 222 Å². The van der Waals surface area contributed by atoms with Gasteiger partial charge in [0.05, 0.1) is 25.6 Å². The Balaban J connectivity index is 1.20. The van der Waals surface area contributed by atoms with Gasteiger partial charge in [-0.2, -0.15) is 9.98 Å². The molecule has 7 atom stereocenters. The number of aliphatic hydroxyl groups excluding tert-OH is 2. The summed E-state index contributed by atoms with van der Waals surface area (Å²) in [5.41, 5.74) is 10.8. The minimum Gasteiger partial charge on any atom is -0.394 e. The number of fused-ring (bicyclic) bond motifs is 1. The van der Waals surface area contributed by atoms with Crippen molar-refractivity contribution in [1.29, 1.82) is 0 Å². The van der Waals surface area contributed by atoms with Crippen LogP contribution in [0.5, 0.6) is 0 Å². The molecular formula is C18H24IN8O10P. The summed E-state index contributed by atoms with van der Waals surface area (Å²) >= 11 is -0.817. The van der Waals surface area contributed by atoms with Crippen LogP contribution in [0.15, 0.2) is 16.1 Å². The third-order valence-corrected chi connectivity index (χ3v) is 8.77. The quantitative estimate of drug-likeness (QED) is 0.105. The van der Waals surface area contributed by atoms with E-state index in [9.17, 15) is 29.3 Å². The molecule has 0 radical (unpaired) electrons. The van der Waals surface area contributed by atoms with Crippen molar-refractivity contribution in [2.24, 2.45) is 10.7 Å². The highest BCUT2D eigenvalue weighted by atomic mass is 127. The van der Waals surface area contributed by atoms with E-state index < -0.39 is 90.2 Å². The fraction of sp³-hybridized carbons (Fsp3) is 0.556. The molecule has 38 heavy (non-hydrogen) atoms. The zero-order valence-corrected chi connectivity index (χ0v) is 22.4. The predicted molar refractivity (Wildman–Crippen MR) is 137 cm³/mol. The minimum absolute atomic E-state index is 0.0294. The number of anilines is 1. The number of nitrogens with zero attached hydrogens (tertiary/aromatic N) is 5. The molecule has 2 aromatic rings. The summed E-state index contributed by atoms with van der Waals surface area (Å²) < 4.78 is 37.6. The number of halogens is 1. The zero-order valence-electron chi connectivity index (χ0n) is 19.4. The van der Waals surface area contributed by atoms with Crippen molar-refractivity contribution in [3.05, 3.63) is 16.7 Å². The molecule has 3 aliphatic heterocycles. The van der Waals surface area contributed by atoms with Crippen LogP contribution < -0.4 is 17.0 Å². The van der Waals surface area contributed by atoms with Gasteiger partial charge in [0.2, 0.25) is 5.95 Å². The molecule has 20 heteroatoms. The Morgan fingerprint density at radius 1 is 1.24 bits per heavy atom. The number of imidazole rings is 1. The smallest absolute Gasteiger partial charge is 0.394 e. The number of rotatable bonds is 8. The van der Waals surface area contributed by atoms with Crippen LogP contribution >= 0.6 is 28.6 Å². The molecule has 2 saturated heterocycles. The van der Waals surface area contributed by atoms with Crippen LogP contribution in [0.25, 0.3) is 11.2 Å². The molecule has 5 rings (SSSR count). The maximum atomic E-state index is 12.7. The van der Waals surface area contributed by atoms with Gasteiger partial charge in [0.1, 0.15) is 30.8 Å². The van der Waals surface area contributed by atoms with Gasteiger partial charge < -0.3 is 36.0 Å². The fourth-order valence-electron chi connectivity index (χ4n) is 4.21. The van der Waals surface area contributed by atoms with Crippen molar-refractivity contribution in [2.75, 3.05) is 18.9 Å². The van der Waals surface area contributed by atoms with E-state index in [0.29, 0.717) is 0 Å². The van der Waals surface area contributed by atoms with E-state index in [1.807, 2.05) is 0 Å². The van der Waals surface area contributed by atoms with Gasteiger partial charge in [-0.05, 0) is 20.7 Å². The lowest BCUT2D eigenvalue weighted by Gasteiger charge is -2.24. The number of amides is 2. The molecular weight excluding hydrogens is 646 g/mol. The van der Waals surface area contributed by atoms with Gasteiger partial charge in [-0.1, -0.05) is 0 Å². The first kappa shape index (κ1) is 27.2. The van der Waals surface area contributed by atoms with Crippen molar-refractivity contribution < 1.29 is 43.0 Å². The van der Waals surface area contributed by atoms with E-state index in [4.69, 9.17) is 30.0 Å². The summed E-state index contributed by atoms with van der Waals surface area (Å²) in [6.45, 7) is -1.07. The number of aromatic nitrogens is 4. The van der Waals surface area contributed by atoms with Crippen LogP contribution in [0.4, 0.5) is 10.7 Å². The van der Waals surface area contributed by atoms with Crippen LogP contribution in [0.3, 0.4) is 0 Å². The Hall–Kier alpha value is -2.36. The third kappa shape index (κ3) is 5.51. The van der Waals surface area contributed by atoms with Gasteiger partial charge in [0, 0.05) is 17.0 Å². The van der Waals surface area contributed by atoms with E-state index >= 15 is 0 Å². The average Bonchev–Trinajstić information content (AvgIpc) is 3.54. The molecule has 2 aromatic heterocycles. The number of carbonyl (C=O) groups excluding carboxylic acids is 1. The summed E-state index contributed by atoms with van der Waals surface area (Å²) in [6.07, 6.45) is -4.59. The van der Waals surface area contributed by atoms with Crippen molar-refractivity contribution in [3.63, 3.8) is 0 Å². The monoisotopic (exact) mass is 670 g/mol. The fourth-order valence-corrected chi connectivity index (χ4v) is 6.70. The van der Waals surface area contributed by atoms with Gasteiger partial charge in [0.15, 0.2) is 15.0 Å². The lowest BCUT2D eigenvalue weighted by atomic mass is 10.2. The first-order valence-corrected chi connectivity index (χ1v) is 15.0. The highest BCUT2D eigenvalue weighted by molar-refractivity contribution is 14.2. The number of phosphoric ester groups is 1. The van der Waals surface area contributed by atoms with Crippen LogP contribution in [-0.2, 0) is 23.1 Å². The molecule has 18 nitrogen and oxygen atoms in total. The van der Waals surface area contributed by atoms with Gasteiger partial charge >= 0.3 is 13.9 Å². The number of aromatic amines is 1. The van der Waals surface area contributed by atoms with Gasteiger partial charge in [-0.3, -0.25) is 28.3 Å². The summed E-state index contributed by atoms with van der Waals surface area (Å²) in [5.74, 6) is -0.124. The second-order valence-corrected chi connectivity index (χ2v) is 12.2. The summed E-state index contributed by atoms with van der Waals surface area (Å²) in [7, 11) is -4.73. The molecule has 2 amide bonds. The third-order valence-electron chi connectivity index (χ3n) is 6.00. The minimum atomic E-state index is -4.73. The van der Waals surface area contributed by atoms with E-state index in [1.165, 1.54) is 15.8 Å². The summed E-state index contributed by atoms with van der Waals surface area (Å²) in [4.78, 5) is 49.8. The number of carbonyl (C=O) groups is 1. The van der Waals surface area contributed by atoms with Gasteiger partial charge in [0.25, 0.3) is 5.56 Å². The molecule has 0 bridgehead atoms. The number of hydrogen-bond donors (Lipinski definition) is 6. The van der Waals surface area contributed by atoms with Gasteiger partial charge in [-0.15, -0.1) is 0 Å². The number of nitrogens with one attached hydrogen (secondary N) is 1. The van der Waals surface area contributed by atoms with Crippen molar-refractivity contribution in [3.8, 4) is 0 Å². The van der Waals surface area contributed by atoms with Crippen molar-refractivity contribution in [2.45, 2.75) is 49.7 Å². The van der Waals surface area contributed by atoms with E-state index in [0.717, 1.165) is 0 Å². The van der Waals surface area contributed by atoms with Crippen LogP contribution in [0.2, 0.25) is 0 Å². The maximum absolute atomic E-state index is 12.7. The highest BCUT2D eigenvalue weighted by Gasteiger charge is 2.45. The normalized spacial score (nSPS) is 31.4. The largest absolute Gasteiger partial charge is 0.472 e. The van der Waals surface area contributed by atoms with Crippen LogP contribution in [-0.4, -0.2) is 97.4 Å². The first-order valence-electron chi connectivity index (χ1n) is 11.2. The molecule has 2 fully saturated rings. The molecule has 208 valence electrons. The highest BCUT2D eigenvalue weighted by Crippen LogP contribution is 2.48. The first-order chi connectivity index (χ1) is 18.0. The molecule has 2 unspecified atom stereocenters. The van der Waals surface area contributed by atoms with E-state index in [2.05, 4.69) is 19.9 Å². The molecule has 5 heterocycles. The number of amidine groups is 1. The second kappa shape index (κ2) is 10.7. The number of urea groups is 1. The second-order valence-electron chi connectivity index (χ2n) is 8.49. The standard InChI is InChI=1S/C18H24IN8O10P/c20-16-19-5-26(18(31)25-16)12-2-8(9(3-28)35-12)37-38(32,33)34-4-10-7(29)1-11(36-10)27-6-22-13-14(27)23-17(21)24-15(13)30/h5-12,28-29H,1-4H2,(H,32,33)(H2,20,25,31)(H3,21,23,24,30)/t7?,8-,9-,10-,11-,12-/m1/s1. The molecule has 0 aliphatic carbocycles. The van der Waals surface area contributed by atoms with Crippen LogP contribution in [0.1, 0.15) is 19.1 Å². The number of nitrogen functional groups attached to an aromatic ring is 1. The van der Waals surface area contributed by atoms with E-state index in [-0.39, 0.29) is 33.8 Å². The summed E-state index contributed by atoms with van der Waals surface area (Å²) in [5, 5.41) is 20.1. The van der Waals surface area contributed by atoms with Crippen molar-refractivity contribution in [1.82, 2.24) is 24.4 Å². The number of aliphatic imine (C=N–C) groups is 1. The summed E-state index contributed by atoms with van der Waals surface area (Å²) in [6, 6.07) is -0.644. The molecule has 0 spiro atoms. The Morgan fingerprint density at radius 3 is 2.74 bits per heavy atom. The molecule has 8 N–H and O–H groups in total. The number of phosphoric acid groups is 1. The SMILES string of the molecule is NC1=NC(=O)N([C@H]2C[C@@H](OP(=O)(O)OC[C@H]3O[C@@H](n4cnc5c(=O)[nH]c(N)nc54)CC3O)[C@@H](CO)O2)C=I1. The Bertz CT molecular complexity index is 1400. The predicted octanol–water partition coefficient (Wildman–Crippen LogP) is -1.56. The van der Waals surface area contributed by atoms with Gasteiger partial charge in [-0.25, -0.2) is 14.3 Å². The van der Waals surface area contributed by atoms with Crippen LogP contribution in [0, 0.1) is 0 Å². The molecule has 0 aromatic carbocycles. The number of hydrogen-bond acceptors (Lipinski definition) is 13. The van der Waals surface area contributed by atoms with Crippen molar-refractivity contribution >= 4 is 59.7 Å². The Kier molecular flexibility index (Phi) is 7.64. The number of ether oxygens (including phenoxy) is 2. The number of aliphatic hydroxyl groups is 2. The average molecular weight is 670 g/mol. The lowest BCUT2D eigenvalue weighted by molar-refractivity contribution is -0.0566. The number of H-pyrrole nitrogens is 1. The number of nitrogens with two attached hydrogens (primary N) is 2. The lowest BCUT2D eigenvalue weighted by Crippen LogP contribution is -2.39. The van der Waals surface area contributed by atoms with E-state index in [1.54, 1.807) is 4.14 Å². The molecule has 0 saturated carbocycles. The Morgan fingerprint density at radius 2 is 2.00 bits per heavy atom.